The van der Waals surface area contributed by atoms with E-state index in [0.717, 1.165) is 49.8 Å². The van der Waals surface area contributed by atoms with Gasteiger partial charge >= 0.3 is 0 Å². The third-order valence-electron chi connectivity index (χ3n) is 5.58. The molecule has 0 unspecified atom stereocenters. The lowest BCUT2D eigenvalue weighted by atomic mass is 10.1. The van der Waals surface area contributed by atoms with Gasteiger partial charge in [0.15, 0.2) is 0 Å². The van der Waals surface area contributed by atoms with Gasteiger partial charge in [0.25, 0.3) is 0 Å². The summed E-state index contributed by atoms with van der Waals surface area (Å²) in [6, 6.07) is 8.54. The summed E-state index contributed by atoms with van der Waals surface area (Å²) in [4.78, 5) is 17.5. The maximum absolute atomic E-state index is 12.7. The quantitative estimate of drug-likeness (QED) is 0.880. The zero-order valence-electron chi connectivity index (χ0n) is 17.1. The molecule has 1 fully saturated rings. The molecule has 1 saturated heterocycles. The molecule has 0 spiro atoms. The number of amides is 1. The molecule has 1 aliphatic rings. The number of aryl methyl sites for hydroxylation is 3. The Morgan fingerprint density at radius 2 is 1.89 bits per heavy atom. The average molecular weight is 370 g/mol. The lowest BCUT2D eigenvalue weighted by Gasteiger charge is -2.37. The zero-order valence-corrected chi connectivity index (χ0v) is 17.1. The van der Waals surface area contributed by atoms with E-state index in [1.807, 2.05) is 27.8 Å². The maximum Gasteiger partial charge on any atom is 0.241 e. The molecule has 0 bridgehead atoms. The van der Waals surface area contributed by atoms with Crippen molar-refractivity contribution in [1.29, 1.82) is 0 Å². The number of piperazine rings is 1. The van der Waals surface area contributed by atoms with Gasteiger partial charge in [-0.15, -0.1) is 0 Å². The number of aromatic nitrogens is 2. The molecule has 1 amide bonds. The number of carbonyl (C=O) groups is 1. The van der Waals surface area contributed by atoms with Crippen LogP contribution in [0.25, 0.3) is 0 Å². The molecule has 27 heavy (non-hydrogen) atoms. The van der Waals surface area contributed by atoms with Crippen molar-refractivity contribution in [2.24, 2.45) is 7.05 Å². The van der Waals surface area contributed by atoms with Gasteiger partial charge in [0.1, 0.15) is 0 Å². The van der Waals surface area contributed by atoms with Crippen molar-refractivity contribution >= 4 is 11.6 Å². The van der Waals surface area contributed by atoms with Gasteiger partial charge in [0, 0.05) is 39.8 Å². The van der Waals surface area contributed by atoms with Crippen molar-refractivity contribution in [2.75, 3.05) is 31.5 Å². The highest BCUT2D eigenvalue weighted by Gasteiger charge is 2.26. The molecule has 6 nitrogen and oxygen atoms in total. The van der Waals surface area contributed by atoms with E-state index in [1.165, 1.54) is 11.1 Å². The van der Waals surface area contributed by atoms with E-state index in [2.05, 4.69) is 51.4 Å². The highest BCUT2D eigenvalue weighted by molar-refractivity contribution is 5.95. The summed E-state index contributed by atoms with van der Waals surface area (Å²) in [7, 11) is 1.90. The van der Waals surface area contributed by atoms with Gasteiger partial charge in [-0.25, -0.2) is 0 Å². The highest BCUT2D eigenvalue weighted by atomic mass is 16.2. The number of nitrogens with one attached hydrogen (secondary N) is 1. The summed E-state index contributed by atoms with van der Waals surface area (Å²) in [5.74, 6) is 0.0429. The molecule has 0 aliphatic carbocycles. The molecule has 1 aromatic heterocycles. The minimum absolute atomic E-state index is 0.0429. The van der Waals surface area contributed by atoms with E-state index >= 15 is 0 Å². The third kappa shape index (κ3) is 4.57. The second kappa shape index (κ2) is 8.23. The largest absolute Gasteiger partial charge is 0.322 e. The topological polar surface area (TPSA) is 53.4 Å². The van der Waals surface area contributed by atoms with Crippen molar-refractivity contribution in [3.63, 3.8) is 0 Å². The summed E-state index contributed by atoms with van der Waals surface area (Å²) in [6.07, 6.45) is 0. The first-order chi connectivity index (χ1) is 12.8. The Bertz CT molecular complexity index is 805. The van der Waals surface area contributed by atoms with Gasteiger partial charge in [0.2, 0.25) is 5.91 Å². The lowest BCUT2D eigenvalue weighted by molar-refractivity contribution is -0.121. The number of hydrogen-bond acceptors (Lipinski definition) is 4. The molecule has 1 aliphatic heterocycles. The smallest absolute Gasteiger partial charge is 0.241 e. The summed E-state index contributed by atoms with van der Waals surface area (Å²) >= 11 is 0. The Labute approximate surface area is 162 Å². The van der Waals surface area contributed by atoms with Crippen molar-refractivity contribution < 1.29 is 4.79 Å². The summed E-state index contributed by atoms with van der Waals surface area (Å²) < 4.78 is 1.81. The molecule has 146 valence electrons. The normalized spacial score (nSPS) is 17.1. The third-order valence-corrected chi connectivity index (χ3v) is 5.58. The zero-order chi connectivity index (χ0) is 19.6. The van der Waals surface area contributed by atoms with Gasteiger partial charge in [-0.1, -0.05) is 29.8 Å². The van der Waals surface area contributed by atoms with Crippen LogP contribution in [-0.2, 0) is 18.4 Å². The van der Waals surface area contributed by atoms with Crippen LogP contribution in [0.15, 0.2) is 24.3 Å². The SMILES string of the molecule is Cc1cccc(CN2CCN([C@@H](C)C(=O)Nc3c(C)nn(C)c3C)CC2)c1. The molecular formula is C21H31N5O. The van der Waals surface area contributed by atoms with Crippen molar-refractivity contribution in [3.8, 4) is 0 Å². The molecule has 1 aromatic carbocycles. The predicted molar refractivity (Wildman–Crippen MR) is 109 cm³/mol. The van der Waals surface area contributed by atoms with Crippen LogP contribution in [0.3, 0.4) is 0 Å². The molecule has 6 heteroatoms. The second-order valence-corrected chi connectivity index (χ2v) is 7.64. The van der Waals surface area contributed by atoms with Gasteiger partial charge in [-0.2, -0.15) is 5.10 Å². The molecule has 0 radical (unpaired) electrons. The van der Waals surface area contributed by atoms with Gasteiger partial charge in [-0.05, 0) is 33.3 Å². The number of benzene rings is 1. The van der Waals surface area contributed by atoms with Crippen LogP contribution in [0, 0.1) is 20.8 Å². The Balaban J connectivity index is 1.53. The number of hydrogen-bond donors (Lipinski definition) is 1. The van der Waals surface area contributed by atoms with Crippen molar-refractivity contribution in [1.82, 2.24) is 19.6 Å². The first-order valence-electron chi connectivity index (χ1n) is 9.68. The Kier molecular flexibility index (Phi) is 5.97. The molecule has 2 heterocycles. The first-order valence-corrected chi connectivity index (χ1v) is 9.68. The minimum Gasteiger partial charge on any atom is -0.322 e. The molecule has 0 saturated carbocycles. The first kappa shape index (κ1) is 19.6. The summed E-state index contributed by atoms with van der Waals surface area (Å²) in [5, 5.41) is 7.45. The number of nitrogens with zero attached hydrogens (tertiary/aromatic N) is 4. The van der Waals surface area contributed by atoms with Crippen LogP contribution in [0.4, 0.5) is 5.69 Å². The lowest BCUT2D eigenvalue weighted by Crippen LogP contribution is -2.52. The molecule has 3 rings (SSSR count). The van der Waals surface area contributed by atoms with Crippen LogP contribution in [-0.4, -0.2) is 57.7 Å². The van der Waals surface area contributed by atoms with E-state index in [9.17, 15) is 4.79 Å². The monoisotopic (exact) mass is 369 g/mol. The summed E-state index contributed by atoms with van der Waals surface area (Å²) in [5.41, 5.74) is 5.34. The second-order valence-electron chi connectivity index (χ2n) is 7.64. The standard InChI is InChI=1S/C21H31N5O/c1-15-7-6-8-19(13-15)14-25-9-11-26(12-10-25)18(4)21(27)22-20-16(2)23-24(5)17(20)3/h6-8,13,18H,9-12,14H2,1-5H3,(H,22,27)/t18-/m0/s1. The van der Waals surface area contributed by atoms with Gasteiger partial charge < -0.3 is 5.32 Å². The molecule has 2 aromatic rings. The fourth-order valence-corrected chi connectivity index (χ4v) is 3.73. The van der Waals surface area contributed by atoms with Crippen molar-refractivity contribution in [2.45, 2.75) is 40.3 Å². The van der Waals surface area contributed by atoms with Crippen LogP contribution in [0.2, 0.25) is 0 Å². The number of anilines is 1. The Morgan fingerprint density at radius 1 is 1.19 bits per heavy atom. The predicted octanol–water partition coefficient (Wildman–Crippen LogP) is 2.49. The van der Waals surface area contributed by atoms with E-state index in [0.29, 0.717) is 0 Å². The minimum atomic E-state index is -0.148. The fraction of sp³-hybridized carbons (Fsp3) is 0.524. The van der Waals surface area contributed by atoms with Crippen LogP contribution < -0.4 is 5.32 Å². The van der Waals surface area contributed by atoms with E-state index in [-0.39, 0.29) is 11.9 Å². The highest BCUT2D eigenvalue weighted by Crippen LogP contribution is 2.19. The Morgan fingerprint density at radius 3 is 2.48 bits per heavy atom. The van der Waals surface area contributed by atoms with Crippen LogP contribution in [0.1, 0.15) is 29.4 Å². The maximum atomic E-state index is 12.7. The number of carbonyl (C=O) groups excluding carboxylic acids is 1. The van der Waals surface area contributed by atoms with Gasteiger partial charge in [-0.3, -0.25) is 19.3 Å². The number of rotatable bonds is 5. The van der Waals surface area contributed by atoms with E-state index < -0.39 is 0 Å². The summed E-state index contributed by atoms with van der Waals surface area (Å²) in [6.45, 7) is 12.8. The average Bonchev–Trinajstić information content (AvgIpc) is 2.88. The van der Waals surface area contributed by atoms with Crippen molar-refractivity contribution in [3.05, 3.63) is 46.8 Å². The van der Waals surface area contributed by atoms with Crippen LogP contribution in [0.5, 0.6) is 0 Å². The van der Waals surface area contributed by atoms with Crippen LogP contribution >= 0.6 is 0 Å². The van der Waals surface area contributed by atoms with E-state index in [1.54, 1.807) is 4.68 Å². The molecular weight excluding hydrogens is 338 g/mol. The molecule has 1 N–H and O–H groups in total. The van der Waals surface area contributed by atoms with E-state index in [4.69, 9.17) is 0 Å². The fourth-order valence-electron chi connectivity index (χ4n) is 3.73. The molecule has 1 atom stereocenters. The van der Waals surface area contributed by atoms with Gasteiger partial charge in [0.05, 0.1) is 23.1 Å². The Hall–Kier alpha value is -2.18.